The minimum atomic E-state index is -0.213. The van der Waals surface area contributed by atoms with Crippen LogP contribution in [0.5, 0.6) is 0 Å². The molecule has 4 rings (SSSR count). The molecule has 4 fully saturated rings. The van der Waals surface area contributed by atoms with E-state index < -0.39 is 0 Å². The normalized spacial score (nSPS) is 32.6. The summed E-state index contributed by atoms with van der Waals surface area (Å²) in [7, 11) is 3.62. The molecule has 1 aliphatic carbocycles. The first-order valence-electron chi connectivity index (χ1n) is 9.43. The van der Waals surface area contributed by atoms with Crippen LogP contribution >= 0.6 is 0 Å². The fourth-order valence-electron chi connectivity index (χ4n) is 5.35. The highest BCUT2D eigenvalue weighted by Crippen LogP contribution is 2.56. The number of nitrogens with one attached hydrogen (secondary N) is 1. The zero-order valence-electron chi connectivity index (χ0n) is 15.0. The van der Waals surface area contributed by atoms with Crippen LogP contribution in [0.15, 0.2) is 0 Å². The lowest BCUT2D eigenvalue weighted by Crippen LogP contribution is -2.54. The van der Waals surface area contributed by atoms with Gasteiger partial charge in [-0.2, -0.15) is 0 Å². The molecule has 1 saturated carbocycles. The number of hydrogen-bond acceptors (Lipinski definition) is 3. The van der Waals surface area contributed by atoms with E-state index in [2.05, 4.69) is 10.2 Å². The molecule has 6 nitrogen and oxygen atoms in total. The third kappa shape index (κ3) is 2.41. The number of fused-ring (bicyclic) bond motifs is 1. The highest BCUT2D eigenvalue weighted by molar-refractivity contribution is 5.86. The van der Waals surface area contributed by atoms with Gasteiger partial charge in [-0.05, 0) is 38.0 Å². The standard InChI is InChI=1S/C18H30N4O2/c1-20(2)16(24)22-9-6-17(7-10-22)12-21(11-14-3-4-14)13-18(17)5-8-19-15(18)23/h14H,3-13H2,1-2H3,(H,19,23)/t18-/m0/s1. The fraction of sp³-hybridized carbons (Fsp3) is 0.889. The molecule has 134 valence electrons. The smallest absolute Gasteiger partial charge is 0.319 e. The lowest BCUT2D eigenvalue weighted by Gasteiger charge is -2.47. The number of carbonyl (C=O) groups is 2. The number of nitrogens with zero attached hydrogens (tertiary/aromatic N) is 3. The molecule has 1 atom stereocenters. The molecular formula is C18H30N4O2. The van der Waals surface area contributed by atoms with Gasteiger partial charge in [0.2, 0.25) is 5.91 Å². The van der Waals surface area contributed by atoms with E-state index in [1.165, 1.54) is 12.8 Å². The van der Waals surface area contributed by atoms with Gasteiger partial charge in [0.15, 0.2) is 0 Å². The van der Waals surface area contributed by atoms with E-state index in [1.807, 2.05) is 19.0 Å². The van der Waals surface area contributed by atoms with Crippen molar-refractivity contribution in [1.29, 1.82) is 0 Å². The van der Waals surface area contributed by atoms with Crippen molar-refractivity contribution in [3.63, 3.8) is 0 Å². The Morgan fingerprint density at radius 2 is 1.92 bits per heavy atom. The first-order chi connectivity index (χ1) is 11.5. The Labute approximate surface area is 144 Å². The van der Waals surface area contributed by atoms with Gasteiger partial charge in [-0.3, -0.25) is 4.79 Å². The number of rotatable bonds is 2. The molecule has 4 aliphatic rings. The highest BCUT2D eigenvalue weighted by Gasteiger charge is 2.63. The number of carbonyl (C=O) groups excluding carboxylic acids is 2. The van der Waals surface area contributed by atoms with Crippen molar-refractivity contribution in [1.82, 2.24) is 20.0 Å². The molecule has 3 aliphatic heterocycles. The van der Waals surface area contributed by atoms with Crippen LogP contribution in [-0.2, 0) is 4.79 Å². The van der Waals surface area contributed by atoms with E-state index in [0.29, 0.717) is 0 Å². The third-order valence-corrected chi connectivity index (χ3v) is 6.89. The average molecular weight is 334 g/mol. The van der Waals surface area contributed by atoms with Crippen LogP contribution in [0.2, 0.25) is 0 Å². The zero-order valence-corrected chi connectivity index (χ0v) is 15.0. The van der Waals surface area contributed by atoms with Crippen molar-refractivity contribution in [2.45, 2.75) is 32.1 Å². The quantitative estimate of drug-likeness (QED) is 0.819. The summed E-state index contributed by atoms with van der Waals surface area (Å²) in [6, 6.07) is 0.0996. The van der Waals surface area contributed by atoms with E-state index >= 15 is 0 Å². The fourth-order valence-corrected chi connectivity index (χ4v) is 5.35. The largest absolute Gasteiger partial charge is 0.356 e. The number of likely N-dealkylation sites (tertiary alicyclic amines) is 2. The van der Waals surface area contributed by atoms with Gasteiger partial charge in [0.1, 0.15) is 0 Å². The molecular weight excluding hydrogens is 304 g/mol. The van der Waals surface area contributed by atoms with Crippen molar-refractivity contribution in [2.24, 2.45) is 16.7 Å². The van der Waals surface area contributed by atoms with Crippen molar-refractivity contribution in [2.75, 3.05) is 53.4 Å². The Kier molecular flexibility index (Phi) is 3.79. The molecule has 0 aromatic heterocycles. The summed E-state index contributed by atoms with van der Waals surface area (Å²) in [6.45, 7) is 5.51. The van der Waals surface area contributed by atoms with Gasteiger partial charge in [0.25, 0.3) is 0 Å². The lowest BCUT2D eigenvalue weighted by molar-refractivity contribution is -0.133. The molecule has 0 radical (unpaired) electrons. The van der Waals surface area contributed by atoms with E-state index in [0.717, 1.165) is 64.4 Å². The maximum atomic E-state index is 12.8. The number of hydrogen-bond donors (Lipinski definition) is 1. The van der Waals surface area contributed by atoms with Crippen molar-refractivity contribution < 1.29 is 9.59 Å². The SMILES string of the molecule is CN(C)C(=O)N1CCC2(CC1)CN(CC1CC1)C[C@]21CCNC1=O. The lowest BCUT2D eigenvalue weighted by atomic mass is 9.60. The number of amides is 3. The van der Waals surface area contributed by atoms with Gasteiger partial charge in [-0.15, -0.1) is 0 Å². The predicted octanol–water partition coefficient (Wildman–Crippen LogP) is 0.982. The van der Waals surface area contributed by atoms with Crippen molar-refractivity contribution in [3.05, 3.63) is 0 Å². The second kappa shape index (κ2) is 5.61. The molecule has 3 saturated heterocycles. The third-order valence-electron chi connectivity index (χ3n) is 6.89. The monoisotopic (exact) mass is 334 g/mol. The molecule has 3 heterocycles. The number of urea groups is 1. The Balaban J connectivity index is 1.53. The molecule has 0 unspecified atom stereocenters. The minimum absolute atomic E-state index is 0.0611. The van der Waals surface area contributed by atoms with Crippen LogP contribution in [-0.4, -0.2) is 80.0 Å². The average Bonchev–Trinajstić information content (AvgIpc) is 3.22. The van der Waals surface area contributed by atoms with Crippen LogP contribution in [0.1, 0.15) is 32.1 Å². The molecule has 3 amide bonds. The minimum Gasteiger partial charge on any atom is -0.356 e. The molecule has 1 N–H and O–H groups in total. The molecule has 24 heavy (non-hydrogen) atoms. The zero-order chi connectivity index (χ0) is 16.9. The Morgan fingerprint density at radius 1 is 1.21 bits per heavy atom. The predicted molar refractivity (Wildman–Crippen MR) is 91.5 cm³/mol. The summed E-state index contributed by atoms with van der Waals surface area (Å²) < 4.78 is 0. The van der Waals surface area contributed by atoms with E-state index in [-0.39, 0.29) is 22.8 Å². The van der Waals surface area contributed by atoms with Crippen molar-refractivity contribution in [3.8, 4) is 0 Å². The summed E-state index contributed by atoms with van der Waals surface area (Å²) >= 11 is 0. The van der Waals surface area contributed by atoms with Crippen LogP contribution in [0.4, 0.5) is 4.79 Å². The summed E-state index contributed by atoms with van der Waals surface area (Å²) in [6.07, 6.45) is 5.60. The van der Waals surface area contributed by atoms with Gasteiger partial charge in [0.05, 0.1) is 5.41 Å². The second-order valence-electron chi connectivity index (χ2n) is 8.65. The van der Waals surface area contributed by atoms with Gasteiger partial charge in [-0.1, -0.05) is 0 Å². The Morgan fingerprint density at radius 3 is 2.46 bits per heavy atom. The summed E-state index contributed by atoms with van der Waals surface area (Å²) in [4.78, 5) is 31.2. The van der Waals surface area contributed by atoms with Crippen LogP contribution in [0.25, 0.3) is 0 Å². The molecule has 0 aromatic carbocycles. The highest BCUT2D eigenvalue weighted by atomic mass is 16.2. The van der Waals surface area contributed by atoms with Crippen LogP contribution in [0.3, 0.4) is 0 Å². The first kappa shape index (κ1) is 16.2. The number of piperidine rings is 1. The van der Waals surface area contributed by atoms with Crippen LogP contribution in [0, 0.1) is 16.7 Å². The van der Waals surface area contributed by atoms with E-state index in [1.54, 1.807) is 4.90 Å². The Hall–Kier alpha value is -1.30. The molecule has 0 bridgehead atoms. The van der Waals surface area contributed by atoms with Gasteiger partial charge in [0, 0.05) is 58.8 Å². The van der Waals surface area contributed by atoms with Gasteiger partial charge < -0.3 is 20.0 Å². The Bertz CT molecular complexity index is 537. The van der Waals surface area contributed by atoms with E-state index in [4.69, 9.17) is 0 Å². The van der Waals surface area contributed by atoms with E-state index in [9.17, 15) is 9.59 Å². The summed E-state index contributed by atoms with van der Waals surface area (Å²) in [5.41, 5.74) is -0.152. The van der Waals surface area contributed by atoms with Gasteiger partial charge in [-0.25, -0.2) is 4.79 Å². The molecule has 2 spiro atoms. The first-order valence-corrected chi connectivity index (χ1v) is 9.43. The van der Waals surface area contributed by atoms with Crippen LogP contribution < -0.4 is 5.32 Å². The summed E-state index contributed by atoms with van der Waals surface area (Å²) in [5, 5.41) is 3.11. The van der Waals surface area contributed by atoms with Crippen molar-refractivity contribution >= 4 is 11.9 Å². The van der Waals surface area contributed by atoms with Gasteiger partial charge >= 0.3 is 6.03 Å². The molecule has 6 heteroatoms. The second-order valence-corrected chi connectivity index (χ2v) is 8.65. The maximum absolute atomic E-state index is 12.8. The topological polar surface area (TPSA) is 55.9 Å². The molecule has 0 aromatic rings. The summed E-state index contributed by atoms with van der Waals surface area (Å²) in [5.74, 6) is 1.13. The maximum Gasteiger partial charge on any atom is 0.319 e.